The number of hydrogen-bond donors (Lipinski definition) is 1. The Hall–Kier alpha value is -2.94. The van der Waals surface area contributed by atoms with Gasteiger partial charge in [-0.3, -0.25) is 4.79 Å². The van der Waals surface area contributed by atoms with Gasteiger partial charge in [-0.05, 0) is 53.7 Å². The molecular formula is C19H15F3N2O3S. The van der Waals surface area contributed by atoms with Gasteiger partial charge < -0.3 is 14.8 Å². The third-order valence-corrected chi connectivity index (χ3v) is 4.67. The molecule has 1 aliphatic heterocycles. The summed E-state index contributed by atoms with van der Waals surface area (Å²) in [6, 6.07) is 9.77. The van der Waals surface area contributed by atoms with Gasteiger partial charge in [-0.25, -0.2) is 4.99 Å². The van der Waals surface area contributed by atoms with Crippen LogP contribution in [0.2, 0.25) is 0 Å². The molecule has 0 radical (unpaired) electrons. The van der Waals surface area contributed by atoms with E-state index in [4.69, 9.17) is 9.47 Å². The predicted molar refractivity (Wildman–Crippen MR) is 102 cm³/mol. The van der Waals surface area contributed by atoms with E-state index in [2.05, 4.69) is 10.3 Å². The standard InChI is InChI=1S/C19H15F3N2O3S/c1-26-14-7-6-11(8-15(14)27-2)9-16-17(25)24-18(28-16)23-13-5-3-4-12(10-13)19(20,21)22/h3-10H,1-2H3,(H,23,24,25). The quantitative estimate of drug-likeness (QED) is 0.751. The number of alkyl halides is 3. The number of hydrogen-bond acceptors (Lipinski definition) is 5. The van der Waals surface area contributed by atoms with Crippen LogP contribution in [0.5, 0.6) is 11.5 Å². The van der Waals surface area contributed by atoms with E-state index in [1.165, 1.54) is 26.4 Å². The van der Waals surface area contributed by atoms with Crippen LogP contribution in [0.25, 0.3) is 6.08 Å². The maximum absolute atomic E-state index is 12.8. The molecule has 2 aromatic carbocycles. The van der Waals surface area contributed by atoms with Crippen molar-refractivity contribution in [2.75, 3.05) is 14.2 Å². The van der Waals surface area contributed by atoms with E-state index >= 15 is 0 Å². The van der Waals surface area contributed by atoms with Crippen molar-refractivity contribution >= 4 is 34.6 Å². The number of benzene rings is 2. The summed E-state index contributed by atoms with van der Waals surface area (Å²) in [6.07, 6.45) is -2.82. The number of amides is 1. The first kappa shape index (κ1) is 19.8. The van der Waals surface area contributed by atoms with Gasteiger partial charge in [0.1, 0.15) is 0 Å². The number of ether oxygens (including phenoxy) is 2. The van der Waals surface area contributed by atoms with Crippen LogP contribution < -0.4 is 14.8 Å². The van der Waals surface area contributed by atoms with E-state index in [0.717, 1.165) is 23.9 Å². The molecule has 28 heavy (non-hydrogen) atoms. The Morgan fingerprint density at radius 2 is 1.82 bits per heavy atom. The van der Waals surface area contributed by atoms with Crippen molar-refractivity contribution in [3.63, 3.8) is 0 Å². The molecule has 1 amide bonds. The van der Waals surface area contributed by atoms with Gasteiger partial charge in [0.15, 0.2) is 16.7 Å². The summed E-state index contributed by atoms with van der Waals surface area (Å²) in [7, 11) is 3.03. The first-order valence-corrected chi connectivity index (χ1v) is 8.80. The smallest absolute Gasteiger partial charge is 0.416 e. The molecule has 0 spiro atoms. The number of carbonyl (C=O) groups excluding carboxylic acids is 1. The second-order valence-corrected chi connectivity index (χ2v) is 6.67. The summed E-state index contributed by atoms with van der Waals surface area (Å²) in [5.41, 5.74) is 0.00498. The summed E-state index contributed by atoms with van der Waals surface area (Å²) in [6.45, 7) is 0. The predicted octanol–water partition coefficient (Wildman–Crippen LogP) is 4.61. The zero-order chi connectivity index (χ0) is 20.3. The van der Waals surface area contributed by atoms with Gasteiger partial charge in [0, 0.05) is 0 Å². The molecule has 9 heteroatoms. The number of nitrogens with zero attached hydrogens (tertiary/aromatic N) is 1. The molecule has 1 saturated heterocycles. The van der Waals surface area contributed by atoms with Gasteiger partial charge in [-0.15, -0.1) is 0 Å². The number of aliphatic imine (C=N–C) groups is 1. The van der Waals surface area contributed by atoms with Gasteiger partial charge in [-0.2, -0.15) is 13.2 Å². The SMILES string of the molecule is COc1ccc(C=C2SC(=Nc3cccc(C(F)(F)F)c3)NC2=O)cc1OC. The van der Waals surface area contributed by atoms with E-state index in [1.807, 2.05) is 0 Å². The summed E-state index contributed by atoms with van der Waals surface area (Å²) in [5, 5.41) is 2.76. The molecule has 5 nitrogen and oxygen atoms in total. The number of rotatable bonds is 4. The molecule has 1 aliphatic rings. The molecule has 0 aliphatic carbocycles. The third kappa shape index (κ3) is 4.48. The summed E-state index contributed by atoms with van der Waals surface area (Å²) >= 11 is 1.04. The zero-order valence-corrected chi connectivity index (χ0v) is 15.6. The number of carbonyl (C=O) groups is 1. The normalized spacial score (nSPS) is 17.1. The van der Waals surface area contributed by atoms with Crippen LogP contribution in [0.1, 0.15) is 11.1 Å². The van der Waals surface area contributed by atoms with E-state index in [9.17, 15) is 18.0 Å². The summed E-state index contributed by atoms with van der Waals surface area (Å²) in [5.74, 6) is 0.684. The molecule has 2 aromatic rings. The highest BCUT2D eigenvalue weighted by Crippen LogP contribution is 2.34. The van der Waals surface area contributed by atoms with Crippen LogP contribution in [-0.2, 0) is 11.0 Å². The van der Waals surface area contributed by atoms with Crippen LogP contribution in [0.4, 0.5) is 18.9 Å². The van der Waals surface area contributed by atoms with Crippen molar-refractivity contribution in [2.45, 2.75) is 6.18 Å². The second-order valence-electron chi connectivity index (χ2n) is 5.64. The van der Waals surface area contributed by atoms with E-state index < -0.39 is 11.7 Å². The molecule has 1 N–H and O–H groups in total. The average Bonchev–Trinajstić information content (AvgIpc) is 3.00. The van der Waals surface area contributed by atoms with Crippen molar-refractivity contribution in [3.05, 3.63) is 58.5 Å². The fraction of sp³-hybridized carbons (Fsp3) is 0.158. The van der Waals surface area contributed by atoms with Crippen LogP contribution in [-0.4, -0.2) is 25.3 Å². The highest BCUT2D eigenvalue weighted by atomic mass is 32.2. The third-order valence-electron chi connectivity index (χ3n) is 3.76. The first-order chi connectivity index (χ1) is 13.3. The van der Waals surface area contributed by atoms with Crippen LogP contribution in [0.15, 0.2) is 52.4 Å². The molecular weight excluding hydrogens is 393 g/mol. The molecule has 0 bridgehead atoms. The Morgan fingerprint density at radius 1 is 1.07 bits per heavy atom. The second kappa shape index (κ2) is 7.97. The average molecular weight is 408 g/mol. The van der Waals surface area contributed by atoms with Crippen molar-refractivity contribution in [1.82, 2.24) is 5.32 Å². The van der Waals surface area contributed by atoms with Gasteiger partial charge in [0.2, 0.25) is 0 Å². The Labute approximate surface area is 163 Å². The Morgan fingerprint density at radius 3 is 2.50 bits per heavy atom. The molecule has 1 fully saturated rings. The van der Waals surface area contributed by atoms with Gasteiger partial charge in [0.05, 0.1) is 30.4 Å². The Kier molecular flexibility index (Phi) is 5.64. The van der Waals surface area contributed by atoms with Crippen LogP contribution >= 0.6 is 11.8 Å². The lowest BCUT2D eigenvalue weighted by Gasteiger charge is -2.07. The Bertz CT molecular complexity index is 971. The maximum Gasteiger partial charge on any atom is 0.416 e. The fourth-order valence-electron chi connectivity index (χ4n) is 2.44. The molecule has 0 saturated carbocycles. The minimum absolute atomic E-state index is 0.102. The highest BCUT2D eigenvalue weighted by molar-refractivity contribution is 8.18. The summed E-state index contributed by atoms with van der Waals surface area (Å²) in [4.78, 5) is 16.6. The highest BCUT2D eigenvalue weighted by Gasteiger charge is 2.30. The minimum atomic E-state index is -4.46. The number of halogens is 3. The van der Waals surface area contributed by atoms with E-state index in [-0.39, 0.29) is 16.8 Å². The van der Waals surface area contributed by atoms with Gasteiger partial charge >= 0.3 is 6.18 Å². The van der Waals surface area contributed by atoms with E-state index in [1.54, 1.807) is 24.3 Å². The van der Waals surface area contributed by atoms with Crippen molar-refractivity contribution < 1.29 is 27.4 Å². The lowest BCUT2D eigenvalue weighted by atomic mass is 10.2. The van der Waals surface area contributed by atoms with Crippen LogP contribution in [0, 0.1) is 0 Å². The molecule has 0 unspecified atom stereocenters. The lowest BCUT2D eigenvalue weighted by Crippen LogP contribution is -2.19. The minimum Gasteiger partial charge on any atom is -0.493 e. The monoisotopic (exact) mass is 408 g/mol. The van der Waals surface area contributed by atoms with Crippen LogP contribution in [0.3, 0.4) is 0 Å². The topological polar surface area (TPSA) is 59.9 Å². The lowest BCUT2D eigenvalue weighted by molar-refractivity contribution is -0.137. The van der Waals surface area contributed by atoms with Gasteiger partial charge in [-0.1, -0.05) is 12.1 Å². The number of thioether (sulfide) groups is 1. The molecule has 146 valence electrons. The number of methoxy groups -OCH3 is 2. The van der Waals surface area contributed by atoms with Crippen molar-refractivity contribution in [3.8, 4) is 11.5 Å². The Balaban J connectivity index is 1.84. The fourth-order valence-corrected chi connectivity index (χ4v) is 3.29. The molecule has 1 heterocycles. The largest absolute Gasteiger partial charge is 0.493 e. The maximum atomic E-state index is 12.8. The van der Waals surface area contributed by atoms with Gasteiger partial charge in [0.25, 0.3) is 5.91 Å². The zero-order valence-electron chi connectivity index (χ0n) is 14.8. The number of amidine groups is 1. The summed E-state index contributed by atoms with van der Waals surface area (Å²) < 4.78 is 48.8. The van der Waals surface area contributed by atoms with E-state index in [0.29, 0.717) is 22.0 Å². The van der Waals surface area contributed by atoms with Crippen molar-refractivity contribution in [1.29, 1.82) is 0 Å². The van der Waals surface area contributed by atoms with Crippen molar-refractivity contribution in [2.24, 2.45) is 4.99 Å². The first-order valence-electron chi connectivity index (χ1n) is 7.99. The number of nitrogens with one attached hydrogen (secondary N) is 1. The molecule has 0 atom stereocenters. The molecule has 3 rings (SSSR count). The molecule has 0 aromatic heterocycles.